The van der Waals surface area contributed by atoms with Gasteiger partial charge in [-0.15, -0.1) is 0 Å². The molecule has 0 unspecified atom stereocenters. The van der Waals surface area contributed by atoms with Crippen LogP contribution in [0.3, 0.4) is 0 Å². The highest BCUT2D eigenvalue weighted by atomic mass is 16.6. The lowest BCUT2D eigenvalue weighted by atomic mass is 10.1. The zero-order valence-electron chi connectivity index (χ0n) is 12.5. The van der Waals surface area contributed by atoms with Gasteiger partial charge < -0.3 is 9.84 Å². The summed E-state index contributed by atoms with van der Waals surface area (Å²) in [7, 11) is 0. The van der Waals surface area contributed by atoms with Gasteiger partial charge in [-0.3, -0.25) is 0 Å². The average Bonchev–Trinajstić information content (AvgIpc) is 3.24. The molecule has 1 saturated heterocycles. The lowest BCUT2D eigenvalue weighted by Gasteiger charge is -2.01. The fraction of sp³-hybridized carbons (Fsp3) is 1.00. The van der Waals surface area contributed by atoms with E-state index >= 15 is 0 Å². The molecule has 18 heavy (non-hydrogen) atoms. The number of unbranched alkanes of at least 4 members (excludes halogenated alkanes) is 11. The number of rotatable bonds is 12. The van der Waals surface area contributed by atoms with Gasteiger partial charge in [-0.05, 0) is 6.42 Å². The average molecular weight is 258 g/mol. The predicted octanol–water partition coefficient (Wildman–Crippen LogP) is 4.70. The van der Waals surface area contributed by atoms with Crippen LogP contribution in [0, 0.1) is 0 Å². The summed E-state index contributed by atoms with van der Waals surface area (Å²) in [6, 6.07) is 0. The third-order valence-corrected chi connectivity index (χ3v) is 3.22. The lowest BCUT2D eigenvalue weighted by Crippen LogP contribution is -1.84. The third-order valence-electron chi connectivity index (χ3n) is 3.22. The molecule has 1 aliphatic rings. The van der Waals surface area contributed by atoms with Crippen molar-refractivity contribution in [1.29, 1.82) is 0 Å². The second-order valence-electron chi connectivity index (χ2n) is 5.23. The molecule has 0 atom stereocenters. The van der Waals surface area contributed by atoms with Gasteiger partial charge in [-0.25, -0.2) is 0 Å². The van der Waals surface area contributed by atoms with Crippen molar-refractivity contribution in [3.05, 3.63) is 0 Å². The Hall–Kier alpha value is -0.0800. The highest BCUT2D eigenvalue weighted by Crippen LogP contribution is 2.11. The zero-order chi connectivity index (χ0) is 13.3. The van der Waals surface area contributed by atoms with Crippen molar-refractivity contribution in [1.82, 2.24) is 0 Å². The minimum Gasteiger partial charge on any atom is -0.396 e. The summed E-state index contributed by atoms with van der Waals surface area (Å²) in [5, 5.41) is 8.61. The molecule has 0 saturated carbocycles. The highest BCUT2D eigenvalue weighted by Gasteiger charge is 1.94. The Balaban J connectivity index is 0.000000827. The normalized spacial score (nSPS) is 13.0. The molecule has 0 bridgehead atoms. The molecule has 1 aliphatic heterocycles. The highest BCUT2D eigenvalue weighted by molar-refractivity contribution is 4.47. The molecule has 2 nitrogen and oxygen atoms in total. The van der Waals surface area contributed by atoms with Crippen molar-refractivity contribution in [2.45, 2.75) is 84.0 Å². The van der Waals surface area contributed by atoms with E-state index < -0.39 is 0 Å². The van der Waals surface area contributed by atoms with E-state index in [1.165, 1.54) is 70.6 Å². The van der Waals surface area contributed by atoms with Crippen molar-refractivity contribution in [2.75, 3.05) is 19.8 Å². The Morgan fingerprint density at radius 1 is 0.667 bits per heavy atom. The molecule has 2 heteroatoms. The van der Waals surface area contributed by atoms with Gasteiger partial charge in [0.25, 0.3) is 0 Å². The first-order valence-corrected chi connectivity index (χ1v) is 8.10. The van der Waals surface area contributed by atoms with E-state index in [-0.39, 0.29) is 0 Å². The van der Waals surface area contributed by atoms with Crippen LogP contribution >= 0.6 is 0 Å². The second kappa shape index (κ2) is 16.9. The van der Waals surface area contributed by atoms with Crippen LogP contribution in [0.25, 0.3) is 0 Å². The Morgan fingerprint density at radius 3 is 1.28 bits per heavy atom. The van der Waals surface area contributed by atoms with Crippen LogP contribution in [0.1, 0.15) is 84.0 Å². The molecule has 1 heterocycles. The SMILES string of the molecule is C1CO1.CCCCCCCCCCCCCCO. The number of hydrogen-bond donors (Lipinski definition) is 1. The van der Waals surface area contributed by atoms with E-state index in [4.69, 9.17) is 5.11 Å². The van der Waals surface area contributed by atoms with Crippen LogP contribution in [-0.4, -0.2) is 24.9 Å². The minimum atomic E-state index is 0.372. The number of epoxide rings is 1. The predicted molar refractivity (Wildman–Crippen MR) is 79.0 cm³/mol. The third kappa shape index (κ3) is 21.2. The molecular weight excluding hydrogens is 224 g/mol. The van der Waals surface area contributed by atoms with Crippen LogP contribution < -0.4 is 0 Å². The van der Waals surface area contributed by atoms with Crippen molar-refractivity contribution < 1.29 is 9.84 Å². The maximum atomic E-state index is 8.61. The molecule has 0 aliphatic carbocycles. The van der Waals surface area contributed by atoms with E-state index in [1.807, 2.05) is 0 Å². The van der Waals surface area contributed by atoms with Gasteiger partial charge in [-0.2, -0.15) is 0 Å². The summed E-state index contributed by atoms with van der Waals surface area (Å²) in [5.74, 6) is 0. The molecule has 1 N–H and O–H groups in total. The van der Waals surface area contributed by atoms with E-state index in [9.17, 15) is 0 Å². The van der Waals surface area contributed by atoms with E-state index in [0.717, 1.165) is 19.6 Å². The van der Waals surface area contributed by atoms with Gasteiger partial charge in [0, 0.05) is 6.61 Å². The molecule has 0 amide bonds. The van der Waals surface area contributed by atoms with E-state index in [1.54, 1.807) is 0 Å². The number of ether oxygens (including phenoxy) is 1. The van der Waals surface area contributed by atoms with Crippen LogP contribution in [0.5, 0.6) is 0 Å². The molecule has 0 radical (unpaired) electrons. The van der Waals surface area contributed by atoms with E-state index in [2.05, 4.69) is 11.7 Å². The molecule has 110 valence electrons. The van der Waals surface area contributed by atoms with Gasteiger partial charge >= 0.3 is 0 Å². The molecule has 0 aromatic rings. The molecule has 0 spiro atoms. The summed E-state index contributed by atoms with van der Waals surface area (Å²) in [6.45, 7) is 4.64. The van der Waals surface area contributed by atoms with Gasteiger partial charge in [-0.1, -0.05) is 77.6 Å². The van der Waals surface area contributed by atoms with Crippen LogP contribution in [0.4, 0.5) is 0 Å². The number of hydrogen-bond acceptors (Lipinski definition) is 2. The Kier molecular flexibility index (Phi) is 16.8. The maximum absolute atomic E-state index is 8.61. The maximum Gasteiger partial charge on any atom is 0.0701 e. The van der Waals surface area contributed by atoms with Gasteiger partial charge in [0.1, 0.15) is 0 Å². The smallest absolute Gasteiger partial charge is 0.0701 e. The first kappa shape index (κ1) is 17.9. The molecule has 0 aromatic carbocycles. The molecule has 1 fully saturated rings. The van der Waals surface area contributed by atoms with Crippen molar-refractivity contribution in [3.63, 3.8) is 0 Å². The number of aliphatic hydroxyl groups is 1. The van der Waals surface area contributed by atoms with Crippen molar-refractivity contribution >= 4 is 0 Å². The first-order chi connectivity index (χ1) is 8.91. The fourth-order valence-corrected chi connectivity index (χ4v) is 1.95. The monoisotopic (exact) mass is 258 g/mol. The van der Waals surface area contributed by atoms with Gasteiger partial charge in [0.05, 0.1) is 13.2 Å². The molecule has 0 aromatic heterocycles. The van der Waals surface area contributed by atoms with Crippen molar-refractivity contribution in [3.8, 4) is 0 Å². The molecule has 1 rings (SSSR count). The lowest BCUT2D eigenvalue weighted by molar-refractivity contribution is 0.282. The van der Waals surface area contributed by atoms with Crippen molar-refractivity contribution in [2.24, 2.45) is 0 Å². The Bertz CT molecular complexity index is 120. The standard InChI is InChI=1S/C14H30O.C2H4O/c1-2-3-4-5-6-7-8-9-10-11-12-13-14-15;1-2-3-1/h15H,2-14H2,1H3;1-2H2. The summed E-state index contributed by atoms with van der Waals surface area (Å²) in [6.07, 6.45) is 16.2. The molecular formula is C16H34O2. The zero-order valence-corrected chi connectivity index (χ0v) is 12.5. The summed E-state index contributed by atoms with van der Waals surface area (Å²) in [5.41, 5.74) is 0. The first-order valence-electron chi connectivity index (χ1n) is 8.10. The minimum absolute atomic E-state index is 0.372. The van der Waals surface area contributed by atoms with Crippen LogP contribution in [0.2, 0.25) is 0 Å². The quantitative estimate of drug-likeness (QED) is 0.406. The van der Waals surface area contributed by atoms with Crippen LogP contribution in [-0.2, 0) is 4.74 Å². The number of aliphatic hydroxyl groups excluding tert-OH is 1. The van der Waals surface area contributed by atoms with E-state index in [0.29, 0.717) is 6.61 Å². The largest absolute Gasteiger partial charge is 0.396 e. The topological polar surface area (TPSA) is 32.8 Å². The Labute approximate surface area is 114 Å². The van der Waals surface area contributed by atoms with Gasteiger partial charge in [0.2, 0.25) is 0 Å². The summed E-state index contributed by atoms with van der Waals surface area (Å²) in [4.78, 5) is 0. The van der Waals surface area contributed by atoms with Crippen LogP contribution in [0.15, 0.2) is 0 Å². The summed E-state index contributed by atoms with van der Waals surface area (Å²) < 4.78 is 4.50. The summed E-state index contributed by atoms with van der Waals surface area (Å²) >= 11 is 0. The fourth-order valence-electron chi connectivity index (χ4n) is 1.95. The second-order valence-corrected chi connectivity index (χ2v) is 5.23. The van der Waals surface area contributed by atoms with Gasteiger partial charge in [0.15, 0.2) is 0 Å². The Morgan fingerprint density at radius 2 is 1.00 bits per heavy atom.